The summed E-state index contributed by atoms with van der Waals surface area (Å²) < 4.78 is 0. The van der Waals surface area contributed by atoms with Gasteiger partial charge < -0.3 is 5.32 Å². The normalized spacial score (nSPS) is 21.2. The average molecular weight is 260 g/mol. The molecule has 1 aromatic carbocycles. The van der Waals surface area contributed by atoms with Gasteiger partial charge in [0.25, 0.3) is 0 Å². The Labute approximate surface area is 118 Å². The van der Waals surface area contributed by atoms with Gasteiger partial charge in [-0.15, -0.1) is 0 Å². The van der Waals surface area contributed by atoms with Crippen LogP contribution in [0.25, 0.3) is 0 Å². The van der Waals surface area contributed by atoms with E-state index in [4.69, 9.17) is 0 Å². The lowest BCUT2D eigenvalue weighted by atomic mass is 10.1. The Balaban J connectivity index is 1.69. The summed E-state index contributed by atoms with van der Waals surface area (Å²) in [5.41, 5.74) is 1.38. The fourth-order valence-corrected chi connectivity index (χ4v) is 3.04. The molecule has 1 aliphatic heterocycles. The van der Waals surface area contributed by atoms with E-state index in [9.17, 15) is 0 Å². The Hall–Kier alpha value is -0.860. The summed E-state index contributed by atoms with van der Waals surface area (Å²) in [4.78, 5) is 2.70. The highest BCUT2D eigenvalue weighted by Crippen LogP contribution is 2.18. The van der Waals surface area contributed by atoms with Crippen LogP contribution >= 0.6 is 0 Å². The van der Waals surface area contributed by atoms with Crippen LogP contribution in [0.1, 0.15) is 44.6 Å². The average Bonchev–Trinajstić information content (AvgIpc) is 2.69. The van der Waals surface area contributed by atoms with Gasteiger partial charge in [0, 0.05) is 25.7 Å². The van der Waals surface area contributed by atoms with Gasteiger partial charge in [0.2, 0.25) is 0 Å². The molecule has 0 aliphatic carbocycles. The van der Waals surface area contributed by atoms with E-state index in [1.165, 1.54) is 50.8 Å². The topological polar surface area (TPSA) is 15.3 Å². The van der Waals surface area contributed by atoms with Crippen LogP contribution in [-0.2, 0) is 6.54 Å². The fourth-order valence-electron chi connectivity index (χ4n) is 3.04. The van der Waals surface area contributed by atoms with Gasteiger partial charge in [-0.1, -0.05) is 50.1 Å². The van der Waals surface area contributed by atoms with E-state index in [-0.39, 0.29) is 0 Å². The minimum absolute atomic E-state index is 0.820. The van der Waals surface area contributed by atoms with Crippen molar-refractivity contribution in [3.8, 4) is 0 Å². The molecule has 1 fully saturated rings. The van der Waals surface area contributed by atoms with Crippen LogP contribution in [0.5, 0.6) is 0 Å². The smallest absolute Gasteiger partial charge is 0.0206 e. The molecular formula is C17H28N2. The molecule has 2 heteroatoms. The molecule has 1 atom stereocenters. The number of nitrogens with zero attached hydrogens (tertiary/aromatic N) is 1. The second kappa shape index (κ2) is 8.34. The van der Waals surface area contributed by atoms with Gasteiger partial charge in [0.05, 0.1) is 0 Å². The van der Waals surface area contributed by atoms with Gasteiger partial charge in [0.15, 0.2) is 0 Å². The third-order valence-corrected chi connectivity index (χ3v) is 4.22. The number of rotatable bonds is 6. The van der Waals surface area contributed by atoms with Crippen molar-refractivity contribution in [3.05, 3.63) is 35.9 Å². The molecular weight excluding hydrogens is 232 g/mol. The van der Waals surface area contributed by atoms with Crippen LogP contribution in [-0.4, -0.2) is 30.6 Å². The lowest BCUT2D eigenvalue weighted by molar-refractivity contribution is 0.195. The molecule has 106 valence electrons. The van der Waals surface area contributed by atoms with Crippen LogP contribution in [0.3, 0.4) is 0 Å². The zero-order valence-corrected chi connectivity index (χ0v) is 12.3. The Morgan fingerprint density at radius 1 is 1.16 bits per heavy atom. The summed E-state index contributed by atoms with van der Waals surface area (Å²) in [5, 5.41) is 3.57. The van der Waals surface area contributed by atoms with E-state index in [0.717, 1.165) is 19.1 Å². The minimum atomic E-state index is 0.820. The van der Waals surface area contributed by atoms with Gasteiger partial charge in [-0.2, -0.15) is 0 Å². The molecule has 1 heterocycles. The van der Waals surface area contributed by atoms with Crippen LogP contribution in [0.15, 0.2) is 30.3 Å². The Morgan fingerprint density at radius 3 is 2.79 bits per heavy atom. The van der Waals surface area contributed by atoms with Crippen molar-refractivity contribution in [1.82, 2.24) is 10.2 Å². The fraction of sp³-hybridized carbons (Fsp3) is 0.647. The maximum Gasteiger partial charge on any atom is 0.0206 e. The molecule has 0 radical (unpaired) electrons. The first-order chi connectivity index (χ1) is 9.40. The summed E-state index contributed by atoms with van der Waals surface area (Å²) >= 11 is 0. The van der Waals surface area contributed by atoms with Crippen LogP contribution in [0.4, 0.5) is 0 Å². The van der Waals surface area contributed by atoms with Crippen LogP contribution < -0.4 is 5.32 Å². The standard InChI is InChI=1S/C17H28N2/c1-2-17-11-7-4-8-13-19(17)14-12-18-15-16-9-5-3-6-10-16/h3,5-6,9-10,17-18H,2,4,7-8,11-15H2,1H3. The van der Waals surface area contributed by atoms with Crippen molar-refractivity contribution < 1.29 is 0 Å². The van der Waals surface area contributed by atoms with E-state index < -0.39 is 0 Å². The molecule has 1 aliphatic rings. The van der Waals surface area contributed by atoms with Gasteiger partial charge in [-0.25, -0.2) is 0 Å². The van der Waals surface area contributed by atoms with Crippen LogP contribution in [0, 0.1) is 0 Å². The summed E-state index contributed by atoms with van der Waals surface area (Å²) in [6, 6.07) is 11.5. The Morgan fingerprint density at radius 2 is 2.00 bits per heavy atom. The van der Waals surface area contributed by atoms with E-state index in [0.29, 0.717) is 0 Å². The highest BCUT2D eigenvalue weighted by molar-refractivity contribution is 5.14. The molecule has 2 nitrogen and oxygen atoms in total. The van der Waals surface area contributed by atoms with Crippen LogP contribution in [0.2, 0.25) is 0 Å². The Bertz CT molecular complexity index is 336. The van der Waals surface area contributed by atoms with E-state index in [1.54, 1.807) is 0 Å². The van der Waals surface area contributed by atoms with Crippen molar-refractivity contribution in [1.29, 1.82) is 0 Å². The molecule has 0 spiro atoms. The molecule has 19 heavy (non-hydrogen) atoms. The highest BCUT2D eigenvalue weighted by Gasteiger charge is 2.18. The zero-order chi connectivity index (χ0) is 13.3. The van der Waals surface area contributed by atoms with Crippen molar-refractivity contribution in [2.45, 2.75) is 51.6 Å². The van der Waals surface area contributed by atoms with E-state index in [2.05, 4.69) is 47.5 Å². The van der Waals surface area contributed by atoms with E-state index >= 15 is 0 Å². The lowest BCUT2D eigenvalue weighted by Gasteiger charge is -2.29. The Kier molecular flexibility index (Phi) is 6.38. The van der Waals surface area contributed by atoms with Gasteiger partial charge in [-0.05, 0) is 31.4 Å². The number of hydrogen-bond acceptors (Lipinski definition) is 2. The molecule has 1 saturated heterocycles. The summed E-state index contributed by atoms with van der Waals surface area (Å²) in [6.45, 7) is 6.92. The summed E-state index contributed by atoms with van der Waals surface area (Å²) in [6.07, 6.45) is 6.93. The maximum atomic E-state index is 3.57. The van der Waals surface area contributed by atoms with Gasteiger partial charge >= 0.3 is 0 Å². The van der Waals surface area contributed by atoms with Crippen molar-refractivity contribution in [3.63, 3.8) is 0 Å². The third kappa shape index (κ3) is 4.96. The van der Waals surface area contributed by atoms with Gasteiger partial charge in [-0.3, -0.25) is 4.90 Å². The van der Waals surface area contributed by atoms with Crippen molar-refractivity contribution >= 4 is 0 Å². The molecule has 0 saturated carbocycles. The first-order valence-electron chi connectivity index (χ1n) is 7.89. The number of hydrogen-bond donors (Lipinski definition) is 1. The lowest BCUT2D eigenvalue weighted by Crippen LogP contribution is -2.39. The first-order valence-corrected chi connectivity index (χ1v) is 7.89. The monoisotopic (exact) mass is 260 g/mol. The largest absolute Gasteiger partial charge is 0.311 e. The predicted octanol–water partition coefficient (Wildman–Crippen LogP) is 3.43. The minimum Gasteiger partial charge on any atom is -0.311 e. The summed E-state index contributed by atoms with van der Waals surface area (Å²) in [5.74, 6) is 0. The van der Waals surface area contributed by atoms with E-state index in [1.807, 2.05) is 0 Å². The van der Waals surface area contributed by atoms with Crippen molar-refractivity contribution in [2.75, 3.05) is 19.6 Å². The third-order valence-electron chi connectivity index (χ3n) is 4.22. The second-order valence-corrected chi connectivity index (χ2v) is 5.61. The second-order valence-electron chi connectivity index (χ2n) is 5.61. The first kappa shape index (κ1) is 14.5. The molecule has 2 rings (SSSR count). The number of likely N-dealkylation sites (tertiary alicyclic amines) is 1. The SMILES string of the molecule is CCC1CCCCCN1CCNCc1ccccc1. The van der Waals surface area contributed by atoms with Gasteiger partial charge in [0.1, 0.15) is 0 Å². The molecule has 1 unspecified atom stereocenters. The molecule has 0 aromatic heterocycles. The molecule has 1 aromatic rings. The van der Waals surface area contributed by atoms with Crippen molar-refractivity contribution in [2.24, 2.45) is 0 Å². The molecule has 0 amide bonds. The zero-order valence-electron chi connectivity index (χ0n) is 12.3. The molecule has 1 N–H and O–H groups in total. The predicted molar refractivity (Wildman–Crippen MR) is 82.3 cm³/mol. The number of benzene rings is 1. The maximum absolute atomic E-state index is 3.57. The summed E-state index contributed by atoms with van der Waals surface area (Å²) in [7, 11) is 0. The number of nitrogens with one attached hydrogen (secondary N) is 1. The highest BCUT2D eigenvalue weighted by atomic mass is 15.2. The quantitative estimate of drug-likeness (QED) is 0.788. The molecule has 0 bridgehead atoms.